The van der Waals surface area contributed by atoms with Crippen molar-refractivity contribution in [1.82, 2.24) is 14.9 Å². The van der Waals surface area contributed by atoms with Crippen molar-refractivity contribution < 1.29 is 9.59 Å². The number of nitrogens with one attached hydrogen (secondary N) is 1. The fourth-order valence-electron chi connectivity index (χ4n) is 4.23. The van der Waals surface area contributed by atoms with E-state index in [0.29, 0.717) is 25.5 Å². The summed E-state index contributed by atoms with van der Waals surface area (Å²) in [7, 11) is 0. The number of fused-ring (bicyclic) bond motifs is 5. The summed E-state index contributed by atoms with van der Waals surface area (Å²) in [6, 6.07) is 0. The van der Waals surface area contributed by atoms with Crippen LogP contribution in [0.3, 0.4) is 0 Å². The van der Waals surface area contributed by atoms with Gasteiger partial charge < -0.3 is 5.32 Å². The number of carbonyl (C=O) groups is 2. The molecule has 2 fully saturated rings. The lowest BCUT2D eigenvalue weighted by molar-refractivity contribution is -0.140. The Morgan fingerprint density at radius 2 is 1.83 bits per heavy atom. The number of amides is 2. The molecule has 6 heteroatoms. The Morgan fingerprint density at radius 3 is 2.46 bits per heavy atom. The predicted molar refractivity (Wildman–Crippen MR) is 89.0 cm³/mol. The average Bonchev–Trinajstić information content (AvgIpc) is 3.23. The number of hydrogen-bond acceptors (Lipinski definition) is 5. The molecule has 2 bridgehead atoms. The second kappa shape index (κ2) is 5.69. The number of aromatic nitrogens is 2. The number of rotatable bonds is 5. The molecule has 2 heterocycles. The number of hydrogen-bond donors (Lipinski definition) is 1. The summed E-state index contributed by atoms with van der Waals surface area (Å²) < 4.78 is 0. The molecule has 0 unspecified atom stereocenters. The fraction of sp³-hybridized carbons (Fsp3) is 0.556. The van der Waals surface area contributed by atoms with Gasteiger partial charge in [-0.25, -0.2) is 9.97 Å². The summed E-state index contributed by atoms with van der Waals surface area (Å²) in [5.41, 5.74) is 2.01. The van der Waals surface area contributed by atoms with E-state index in [1.165, 1.54) is 4.90 Å². The number of nitrogens with zero attached hydrogens (tertiary/aromatic N) is 3. The standard InChI is InChI=1S/C18H22N4O2/c1-10-9-20-18(21-11(10)2)19-6-3-7-22-16(23)14-12-4-5-13(8-12)15(14)17(22)24/h4-5,9,12-15H,3,6-8H2,1-2H3,(H,19,20,21)/t12-,13-,14-,15-/m0/s1. The van der Waals surface area contributed by atoms with Gasteiger partial charge in [-0.15, -0.1) is 0 Å². The lowest BCUT2D eigenvalue weighted by Gasteiger charge is -2.17. The van der Waals surface area contributed by atoms with Crippen LogP contribution in [0.25, 0.3) is 0 Å². The lowest BCUT2D eigenvalue weighted by atomic mass is 9.85. The minimum atomic E-state index is -0.0939. The topological polar surface area (TPSA) is 75.2 Å². The van der Waals surface area contributed by atoms with Crippen molar-refractivity contribution in [2.24, 2.45) is 23.7 Å². The minimum absolute atomic E-state index is 0.0317. The summed E-state index contributed by atoms with van der Waals surface area (Å²) in [5, 5.41) is 3.16. The van der Waals surface area contributed by atoms with Gasteiger partial charge in [0.2, 0.25) is 17.8 Å². The molecule has 0 aromatic carbocycles. The number of likely N-dealkylation sites (tertiary alicyclic amines) is 1. The molecule has 2 aliphatic carbocycles. The van der Waals surface area contributed by atoms with Crippen LogP contribution in [-0.2, 0) is 9.59 Å². The van der Waals surface area contributed by atoms with Gasteiger partial charge in [-0.05, 0) is 44.1 Å². The maximum Gasteiger partial charge on any atom is 0.233 e. The molecule has 3 aliphatic rings. The second-order valence-electron chi connectivity index (χ2n) is 7.07. The zero-order chi connectivity index (χ0) is 16.8. The summed E-state index contributed by atoms with van der Waals surface area (Å²) in [5.74, 6) is 1.03. The Kier molecular flexibility index (Phi) is 3.62. The largest absolute Gasteiger partial charge is 0.354 e. The van der Waals surface area contributed by atoms with Crippen molar-refractivity contribution in [2.75, 3.05) is 18.4 Å². The van der Waals surface area contributed by atoms with E-state index in [0.717, 1.165) is 17.7 Å². The molecule has 1 aromatic rings. The monoisotopic (exact) mass is 326 g/mol. The third-order valence-electron chi connectivity index (χ3n) is 5.63. The number of anilines is 1. The van der Waals surface area contributed by atoms with Gasteiger partial charge in [0.05, 0.1) is 11.8 Å². The highest BCUT2D eigenvalue weighted by Gasteiger charge is 2.58. The van der Waals surface area contributed by atoms with Crippen LogP contribution in [0, 0.1) is 37.5 Å². The molecule has 0 radical (unpaired) electrons. The van der Waals surface area contributed by atoms with Gasteiger partial charge in [0.15, 0.2) is 0 Å². The van der Waals surface area contributed by atoms with Gasteiger partial charge in [-0.1, -0.05) is 12.2 Å². The van der Waals surface area contributed by atoms with E-state index in [1.54, 1.807) is 6.20 Å². The van der Waals surface area contributed by atoms with Gasteiger partial charge >= 0.3 is 0 Å². The first-order chi connectivity index (χ1) is 11.6. The maximum atomic E-state index is 12.6. The molecule has 1 aromatic heterocycles. The highest BCUT2D eigenvalue weighted by Crippen LogP contribution is 2.52. The van der Waals surface area contributed by atoms with E-state index >= 15 is 0 Å². The van der Waals surface area contributed by atoms with Gasteiger partial charge in [-0.2, -0.15) is 0 Å². The number of carbonyl (C=O) groups excluding carboxylic acids is 2. The van der Waals surface area contributed by atoms with Crippen molar-refractivity contribution in [3.63, 3.8) is 0 Å². The molecular weight excluding hydrogens is 304 g/mol. The van der Waals surface area contributed by atoms with Crippen molar-refractivity contribution in [1.29, 1.82) is 0 Å². The Balaban J connectivity index is 1.31. The van der Waals surface area contributed by atoms with E-state index in [9.17, 15) is 9.59 Å². The van der Waals surface area contributed by atoms with E-state index in [2.05, 4.69) is 27.4 Å². The molecule has 1 saturated carbocycles. The van der Waals surface area contributed by atoms with Gasteiger partial charge in [0, 0.05) is 25.0 Å². The Hall–Kier alpha value is -2.24. The smallest absolute Gasteiger partial charge is 0.233 e. The Morgan fingerprint density at radius 1 is 1.17 bits per heavy atom. The molecule has 6 nitrogen and oxygen atoms in total. The number of aryl methyl sites for hydroxylation is 2. The summed E-state index contributed by atoms with van der Waals surface area (Å²) >= 11 is 0. The van der Waals surface area contributed by atoms with E-state index in [4.69, 9.17) is 0 Å². The Bertz CT molecular complexity index is 700. The third-order valence-corrected chi connectivity index (χ3v) is 5.63. The molecule has 1 saturated heterocycles. The van der Waals surface area contributed by atoms with Crippen molar-refractivity contribution in [2.45, 2.75) is 26.7 Å². The quantitative estimate of drug-likeness (QED) is 0.506. The molecule has 1 N–H and O–H groups in total. The van der Waals surface area contributed by atoms with Crippen LogP contribution in [0.2, 0.25) is 0 Å². The van der Waals surface area contributed by atoms with Crippen LogP contribution in [-0.4, -0.2) is 39.8 Å². The van der Waals surface area contributed by atoms with Crippen molar-refractivity contribution in [3.8, 4) is 0 Å². The first-order valence-corrected chi connectivity index (χ1v) is 8.64. The molecule has 4 atom stereocenters. The average molecular weight is 326 g/mol. The molecule has 0 spiro atoms. The molecule has 2 amide bonds. The first kappa shape index (κ1) is 15.3. The fourth-order valence-corrected chi connectivity index (χ4v) is 4.23. The highest BCUT2D eigenvalue weighted by molar-refractivity contribution is 6.06. The molecule has 4 rings (SSSR count). The number of allylic oxidation sites excluding steroid dienone is 2. The molecule has 126 valence electrons. The Labute approximate surface area is 141 Å². The molecular formula is C18H22N4O2. The zero-order valence-corrected chi connectivity index (χ0v) is 14.0. The maximum absolute atomic E-state index is 12.6. The van der Waals surface area contributed by atoms with Crippen molar-refractivity contribution in [3.05, 3.63) is 29.6 Å². The zero-order valence-electron chi connectivity index (χ0n) is 14.0. The van der Waals surface area contributed by atoms with Crippen LogP contribution in [0.5, 0.6) is 0 Å². The summed E-state index contributed by atoms with van der Waals surface area (Å²) in [4.78, 5) is 35.2. The normalized spacial score (nSPS) is 30.3. The molecule has 24 heavy (non-hydrogen) atoms. The van der Waals surface area contributed by atoms with Gasteiger partial charge in [0.25, 0.3) is 0 Å². The van der Waals surface area contributed by atoms with Gasteiger partial charge in [0.1, 0.15) is 0 Å². The van der Waals surface area contributed by atoms with Crippen molar-refractivity contribution >= 4 is 17.8 Å². The van der Waals surface area contributed by atoms with Crippen LogP contribution >= 0.6 is 0 Å². The van der Waals surface area contributed by atoms with E-state index < -0.39 is 0 Å². The molecule has 1 aliphatic heterocycles. The van der Waals surface area contributed by atoms with Crippen LogP contribution in [0.1, 0.15) is 24.1 Å². The number of imide groups is 1. The van der Waals surface area contributed by atoms with Crippen LogP contribution in [0.15, 0.2) is 18.3 Å². The van der Waals surface area contributed by atoms with E-state index in [1.807, 2.05) is 13.8 Å². The van der Waals surface area contributed by atoms with Crippen LogP contribution in [0.4, 0.5) is 5.95 Å². The predicted octanol–water partition coefficient (Wildman–Crippen LogP) is 1.70. The van der Waals surface area contributed by atoms with Gasteiger partial charge in [-0.3, -0.25) is 14.5 Å². The minimum Gasteiger partial charge on any atom is -0.354 e. The summed E-state index contributed by atoms with van der Waals surface area (Å²) in [6.45, 7) is 5.04. The van der Waals surface area contributed by atoms with E-state index in [-0.39, 0.29) is 35.5 Å². The first-order valence-electron chi connectivity index (χ1n) is 8.64. The third kappa shape index (κ3) is 2.32. The van der Waals surface area contributed by atoms with Crippen LogP contribution < -0.4 is 5.32 Å². The highest BCUT2D eigenvalue weighted by atomic mass is 16.2. The lowest BCUT2D eigenvalue weighted by Crippen LogP contribution is -2.34. The second-order valence-corrected chi connectivity index (χ2v) is 7.07. The summed E-state index contributed by atoms with van der Waals surface area (Å²) in [6.07, 6.45) is 7.72. The SMILES string of the molecule is Cc1cnc(NCCCN2C(=O)[C@@H]3[C@@H](C2=O)[C@H]2C=C[C@H]3C2)nc1C.